The first kappa shape index (κ1) is 29.7. The largest absolute Gasteiger partial charge is 0.453 e. The molecule has 220 valence electrons. The zero-order chi connectivity index (χ0) is 30.3. The van der Waals surface area contributed by atoms with Crippen LogP contribution in [0.25, 0.3) is 16.9 Å². The molecule has 3 N–H and O–H groups in total. The van der Waals surface area contributed by atoms with E-state index in [2.05, 4.69) is 35.9 Å². The van der Waals surface area contributed by atoms with Gasteiger partial charge in [-0.05, 0) is 76.9 Å². The number of carbonyl (C=O) groups is 2. The number of rotatable bonds is 10. The number of carbonyl (C=O) groups excluding carboxylic acids is 2. The molecule has 0 saturated carbocycles. The molecule has 0 aliphatic rings. The van der Waals surface area contributed by atoms with Gasteiger partial charge in [0.05, 0.1) is 18.8 Å². The highest BCUT2D eigenvalue weighted by Gasteiger charge is 2.22. The fourth-order valence-electron chi connectivity index (χ4n) is 4.44. The summed E-state index contributed by atoms with van der Waals surface area (Å²) < 4.78 is 19.7. The summed E-state index contributed by atoms with van der Waals surface area (Å²) in [7, 11) is 1.28. The zero-order valence-corrected chi connectivity index (χ0v) is 24.2. The van der Waals surface area contributed by atoms with Gasteiger partial charge in [0.1, 0.15) is 28.8 Å². The predicted octanol–water partition coefficient (Wildman–Crippen LogP) is 5.71. The van der Waals surface area contributed by atoms with Gasteiger partial charge in [0.25, 0.3) is 0 Å². The Hall–Kier alpha value is -4.81. The maximum Gasteiger partial charge on any atom is 0.411 e. The molecular weight excluding hydrogens is 598 g/mol. The Labute approximate surface area is 255 Å². The lowest BCUT2D eigenvalue weighted by molar-refractivity contribution is -0.121. The average Bonchev–Trinajstić information content (AvgIpc) is 3.68. The number of methoxy groups -OCH3 is 1. The zero-order valence-electron chi connectivity index (χ0n) is 22.7. The number of halogens is 3. The molecule has 3 aromatic carbocycles. The summed E-state index contributed by atoms with van der Waals surface area (Å²) in [5, 5.41) is 17.7. The van der Waals surface area contributed by atoms with Crippen molar-refractivity contribution in [2.75, 3.05) is 12.4 Å². The van der Waals surface area contributed by atoms with Crippen LogP contribution in [0.15, 0.2) is 73.1 Å². The maximum atomic E-state index is 13.6. The lowest BCUT2D eigenvalue weighted by Gasteiger charge is -2.17. The Morgan fingerprint density at radius 1 is 1.07 bits per heavy atom. The second-order valence-corrected chi connectivity index (χ2v) is 10.3. The number of aromatic amines is 1. The standard InChI is InChI=1S/C29H25Cl2FN8O3/c1-43-29(42)34-22-10-4-18(5-11-22)26-27(31)37-28(36-26)23(14-17-2-8-21(32)9-3-17)35-25(41)13-6-19-15-20(30)7-12-24(19)40-16-33-38-39-40/h2-5,7-12,15-16,23H,6,13-14H2,1H3,(H,34,42)(H,35,41)(H,36,37)/t23-/m0/s1. The summed E-state index contributed by atoms with van der Waals surface area (Å²) in [6.07, 6.45) is 1.69. The number of imidazole rings is 1. The van der Waals surface area contributed by atoms with Gasteiger partial charge in [0, 0.05) is 22.7 Å². The van der Waals surface area contributed by atoms with Crippen molar-refractivity contribution in [3.05, 3.63) is 106 Å². The minimum atomic E-state index is -0.608. The van der Waals surface area contributed by atoms with Crippen molar-refractivity contribution in [1.29, 1.82) is 0 Å². The van der Waals surface area contributed by atoms with Crippen LogP contribution in [0.2, 0.25) is 10.2 Å². The number of ether oxygens (including phenoxy) is 1. The highest BCUT2D eigenvalue weighted by Crippen LogP contribution is 2.30. The molecule has 0 unspecified atom stereocenters. The summed E-state index contributed by atoms with van der Waals surface area (Å²) in [5.74, 6) is -0.189. The van der Waals surface area contributed by atoms with E-state index in [1.165, 1.54) is 30.3 Å². The van der Waals surface area contributed by atoms with Crippen molar-refractivity contribution < 1.29 is 18.7 Å². The fourth-order valence-corrected chi connectivity index (χ4v) is 4.89. The third-order valence-corrected chi connectivity index (χ3v) is 7.05. The van der Waals surface area contributed by atoms with E-state index in [0.717, 1.165) is 11.1 Å². The van der Waals surface area contributed by atoms with Crippen molar-refractivity contribution in [2.24, 2.45) is 0 Å². The Bertz CT molecular complexity index is 1710. The molecule has 0 radical (unpaired) electrons. The van der Waals surface area contributed by atoms with Crippen LogP contribution in [0.5, 0.6) is 0 Å². The van der Waals surface area contributed by atoms with Gasteiger partial charge in [-0.1, -0.05) is 47.5 Å². The minimum absolute atomic E-state index is 0.130. The van der Waals surface area contributed by atoms with Crippen LogP contribution in [0.1, 0.15) is 29.4 Å². The number of hydrogen-bond acceptors (Lipinski definition) is 7. The van der Waals surface area contributed by atoms with Crippen molar-refractivity contribution in [1.82, 2.24) is 35.5 Å². The quantitative estimate of drug-likeness (QED) is 0.181. The van der Waals surface area contributed by atoms with Gasteiger partial charge in [0.15, 0.2) is 0 Å². The molecule has 14 heteroatoms. The third kappa shape index (κ3) is 7.53. The van der Waals surface area contributed by atoms with Gasteiger partial charge in [-0.2, -0.15) is 0 Å². The molecule has 43 heavy (non-hydrogen) atoms. The highest BCUT2D eigenvalue weighted by atomic mass is 35.5. The van der Waals surface area contributed by atoms with Gasteiger partial charge in [0.2, 0.25) is 5.91 Å². The minimum Gasteiger partial charge on any atom is -0.453 e. The molecule has 5 rings (SSSR count). The molecule has 11 nitrogen and oxygen atoms in total. The molecule has 2 heterocycles. The lowest BCUT2D eigenvalue weighted by atomic mass is 10.0. The molecule has 0 fully saturated rings. The number of H-pyrrole nitrogens is 1. The van der Waals surface area contributed by atoms with E-state index in [1.807, 2.05) is 0 Å². The van der Waals surface area contributed by atoms with Crippen molar-refractivity contribution in [3.8, 4) is 16.9 Å². The van der Waals surface area contributed by atoms with Crippen LogP contribution in [0.4, 0.5) is 14.9 Å². The van der Waals surface area contributed by atoms with E-state index >= 15 is 0 Å². The maximum absolute atomic E-state index is 13.6. The number of amides is 2. The normalized spacial score (nSPS) is 11.6. The summed E-state index contributed by atoms with van der Waals surface area (Å²) in [4.78, 5) is 32.5. The van der Waals surface area contributed by atoms with E-state index < -0.39 is 12.1 Å². The van der Waals surface area contributed by atoms with E-state index in [4.69, 9.17) is 28.2 Å². The van der Waals surface area contributed by atoms with Crippen molar-refractivity contribution in [2.45, 2.75) is 25.3 Å². The summed E-state index contributed by atoms with van der Waals surface area (Å²) in [5.41, 5.74) is 3.97. The second kappa shape index (κ2) is 13.4. The highest BCUT2D eigenvalue weighted by molar-refractivity contribution is 6.32. The van der Waals surface area contributed by atoms with Crippen molar-refractivity contribution in [3.63, 3.8) is 0 Å². The monoisotopic (exact) mass is 622 g/mol. The van der Waals surface area contributed by atoms with E-state index in [-0.39, 0.29) is 23.3 Å². The fraction of sp³-hybridized carbons (Fsp3) is 0.172. The molecule has 0 spiro atoms. The Morgan fingerprint density at radius 3 is 2.53 bits per heavy atom. The Kier molecular flexibility index (Phi) is 9.28. The van der Waals surface area contributed by atoms with Gasteiger partial charge in [-0.25, -0.2) is 18.9 Å². The van der Waals surface area contributed by atoms with E-state index in [9.17, 15) is 14.0 Å². The van der Waals surface area contributed by atoms with Crippen LogP contribution in [-0.2, 0) is 22.4 Å². The van der Waals surface area contributed by atoms with Gasteiger partial charge in [-0.15, -0.1) is 5.10 Å². The number of aryl methyl sites for hydroxylation is 1. The summed E-state index contributed by atoms with van der Waals surface area (Å²) in [6.45, 7) is 0. The number of tetrazole rings is 1. The first-order chi connectivity index (χ1) is 20.8. The van der Waals surface area contributed by atoms with E-state index in [1.54, 1.807) is 54.6 Å². The molecule has 0 aliphatic carbocycles. The molecule has 2 amide bonds. The molecule has 2 aromatic heterocycles. The molecular formula is C29H25Cl2FN8O3. The smallest absolute Gasteiger partial charge is 0.411 e. The van der Waals surface area contributed by atoms with Crippen LogP contribution >= 0.6 is 23.2 Å². The first-order valence-corrected chi connectivity index (χ1v) is 13.8. The number of nitrogens with zero attached hydrogens (tertiary/aromatic N) is 5. The Balaban J connectivity index is 1.36. The predicted molar refractivity (Wildman–Crippen MR) is 159 cm³/mol. The number of aromatic nitrogens is 6. The molecule has 0 saturated heterocycles. The average molecular weight is 623 g/mol. The number of hydrogen-bond donors (Lipinski definition) is 3. The van der Waals surface area contributed by atoms with Crippen LogP contribution in [-0.4, -0.2) is 49.3 Å². The molecule has 1 atom stereocenters. The van der Waals surface area contributed by atoms with Crippen LogP contribution in [0.3, 0.4) is 0 Å². The molecule has 0 bridgehead atoms. The molecule has 5 aromatic rings. The number of nitrogens with one attached hydrogen (secondary N) is 3. The first-order valence-electron chi connectivity index (χ1n) is 13.1. The Morgan fingerprint density at radius 2 is 1.84 bits per heavy atom. The van der Waals surface area contributed by atoms with Gasteiger partial charge < -0.3 is 15.0 Å². The number of benzene rings is 3. The summed E-state index contributed by atoms with van der Waals surface area (Å²) in [6, 6.07) is 17.6. The van der Waals surface area contributed by atoms with Gasteiger partial charge in [-0.3, -0.25) is 10.1 Å². The SMILES string of the molecule is COC(=O)Nc1ccc(-c2nc([C@H](Cc3ccc(F)cc3)NC(=O)CCc3cc(Cl)ccc3-n3cnnn3)[nH]c2Cl)cc1. The lowest BCUT2D eigenvalue weighted by Crippen LogP contribution is -2.31. The van der Waals surface area contributed by atoms with Crippen molar-refractivity contribution >= 4 is 40.9 Å². The molecule has 0 aliphatic heterocycles. The van der Waals surface area contributed by atoms with E-state index in [0.29, 0.717) is 46.3 Å². The third-order valence-electron chi connectivity index (χ3n) is 6.55. The second-order valence-electron chi connectivity index (χ2n) is 9.46. The summed E-state index contributed by atoms with van der Waals surface area (Å²) >= 11 is 12.8. The van der Waals surface area contributed by atoms with Crippen LogP contribution < -0.4 is 10.6 Å². The van der Waals surface area contributed by atoms with Gasteiger partial charge >= 0.3 is 6.09 Å². The number of anilines is 1. The van der Waals surface area contributed by atoms with Crippen LogP contribution in [0, 0.1) is 5.82 Å². The topological polar surface area (TPSA) is 140 Å².